The molecule has 4 heteroatoms. The lowest BCUT2D eigenvalue weighted by Gasteiger charge is -2.27. The minimum absolute atomic E-state index is 0.104. The molecule has 1 rings (SSSR count). The molecule has 3 N–H and O–H groups in total. The highest BCUT2D eigenvalue weighted by Gasteiger charge is 2.26. The highest BCUT2D eigenvalue weighted by Crippen LogP contribution is 2.09. The van der Waals surface area contributed by atoms with Gasteiger partial charge in [-0.25, -0.2) is 0 Å². The summed E-state index contributed by atoms with van der Waals surface area (Å²) >= 11 is 0. The van der Waals surface area contributed by atoms with Crippen molar-refractivity contribution in [2.24, 2.45) is 5.73 Å². The van der Waals surface area contributed by atoms with Crippen LogP contribution in [-0.4, -0.2) is 31.2 Å². The molecule has 0 amide bonds. The Hall–Kier alpha value is -0.610. The molecule has 4 nitrogen and oxygen atoms in total. The minimum atomic E-state index is -0.500. The molecule has 0 bridgehead atoms. The summed E-state index contributed by atoms with van der Waals surface area (Å²) in [6.45, 7) is 3.15. The number of nitrogens with two attached hydrogens (primary N) is 1. The molecule has 0 aromatic heterocycles. The highest BCUT2D eigenvalue weighted by molar-refractivity contribution is 5.76. The van der Waals surface area contributed by atoms with E-state index in [9.17, 15) is 4.79 Å². The molecule has 0 aromatic rings. The maximum atomic E-state index is 11.3. The Morgan fingerprint density at radius 1 is 1.69 bits per heavy atom. The van der Waals surface area contributed by atoms with Gasteiger partial charge in [-0.1, -0.05) is 6.42 Å². The van der Waals surface area contributed by atoms with Crippen molar-refractivity contribution in [2.75, 3.05) is 13.2 Å². The van der Waals surface area contributed by atoms with E-state index in [1.165, 1.54) is 6.42 Å². The van der Waals surface area contributed by atoms with Crippen molar-refractivity contribution in [2.45, 2.75) is 38.3 Å². The van der Waals surface area contributed by atoms with Crippen LogP contribution in [0.3, 0.4) is 0 Å². The summed E-state index contributed by atoms with van der Waals surface area (Å²) in [5.41, 5.74) is 5.74. The standard InChI is InChI=1S/C9H18N2O2/c1-2-13-9(12)8(10)7-5-3-4-6-11-7/h7-8,11H,2-6,10H2,1H3. The second kappa shape index (κ2) is 5.19. The van der Waals surface area contributed by atoms with Gasteiger partial charge in [0.2, 0.25) is 0 Å². The lowest BCUT2D eigenvalue weighted by molar-refractivity contribution is -0.145. The second-order valence-corrected chi connectivity index (χ2v) is 3.33. The molecule has 1 saturated heterocycles. The Kier molecular flexibility index (Phi) is 4.18. The van der Waals surface area contributed by atoms with Crippen molar-refractivity contribution in [3.05, 3.63) is 0 Å². The van der Waals surface area contributed by atoms with Crippen molar-refractivity contribution in [1.82, 2.24) is 5.32 Å². The van der Waals surface area contributed by atoms with Gasteiger partial charge in [-0.2, -0.15) is 0 Å². The second-order valence-electron chi connectivity index (χ2n) is 3.33. The lowest BCUT2D eigenvalue weighted by atomic mass is 9.99. The molecule has 13 heavy (non-hydrogen) atoms. The van der Waals surface area contributed by atoms with Crippen LogP contribution in [0.5, 0.6) is 0 Å². The maximum absolute atomic E-state index is 11.3. The molecular formula is C9H18N2O2. The molecule has 1 heterocycles. The fraction of sp³-hybridized carbons (Fsp3) is 0.889. The van der Waals surface area contributed by atoms with Gasteiger partial charge in [0, 0.05) is 6.04 Å². The number of piperidine rings is 1. The fourth-order valence-corrected chi connectivity index (χ4v) is 1.59. The number of rotatable bonds is 3. The van der Waals surface area contributed by atoms with E-state index in [1.807, 2.05) is 0 Å². The number of esters is 1. The molecule has 2 atom stereocenters. The predicted molar refractivity (Wildman–Crippen MR) is 50.3 cm³/mol. The van der Waals surface area contributed by atoms with E-state index < -0.39 is 6.04 Å². The van der Waals surface area contributed by atoms with Gasteiger partial charge in [-0.05, 0) is 26.3 Å². The van der Waals surface area contributed by atoms with Crippen molar-refractivity contribution < 1.29 is 9.53 Å². The molecule has 2 unspecified atom stereocenters. The van der Waals surface area contributed by atoms with Gasteiger partial charge >= 0.3 is 5.97 Å². The highest BCUT2D eigenvalue weighted by atomic mass is 16.5. The summed E-state index contributed by atoms with van der Waals surface area (Å²) in [5.74, 6) is -0.290. The zero-order valence-corrected chi connectivity index (χ0v) is 8.08. The van der Waals surface area contributed by atoms with Crippen molar-refractivity contribution >= 4 is 5.97 Å². The number of carbonyl (C=O) groups is 1. The van der Waals surface area contributed by atoms with Crippen molar-refractivity contribution in [1.29, 1.82) is 0 Å². The van der Waals surface area contributed by atoms with Gasteiger partial charge in [-0.15, -0.1) is 0 Å². The van der Waals surface area contributed by atoms with Gasteiger partial charge in [0.1, 0.15) is 6.04 Å². The van der Waals surface area contributed by atoms with E-state index >= 15 is 0 Å². The molecule has 1 aliphatic heterocycles. The number of hydrogen-bond donors (Lipinski definition) is 2. The number of hydrogen-bond acceptors (Lipinski definition) is 4. The number of ether oxygens (including phenoxy) is 1. The zero-order valence-electron chi connectivity index (χ0n) is 8.08. The smallest absolute Gasteiger partial charge is 0.324 e. The third-order valence-electron chi connectivity index (χ3n) is 2.34. The lowest BCUT2D eigenvalue weighted by Crippen LogP contribution is -2.52. The SMILES string of the molecule is CCOC(=O)C(N)C1CCCCN1. The Balaban J connectivity index is 2.35. The molecule has 0 aromatic carbocycles. The average Bonchev–Trinajstić information content (AvgIpc) is 2.18. The van der Waals surface area contributed by atoms with Crippen LogP contribution in [-0.2, 0) is 9.53 Å². The third-order valence-corrected chi connectivity index (χ3v) is 2.34. The van der Waals surface area contributed by atoms with Crippen LogP contribution in [0.15, 0.2) is 0 Å². The third kappa shape index (κ3) is 2.97. The van der Waals surface area contributed by atoms with Crippen LogP contribution < -0.4 is 11.1 Å². The quantitative estimate of drug-likeness (QED) is 0.610. The predicted octanol–water partition coefficient (Wildman–Crippen LogP) is 0.0189. The Labute approximate surface area is 78.8 Å². The molecule has 0 saturated carbocycles. The van der Waals surface area contributed by atoms with Crippen LogP contribution >= 0.6 is 0 Å². The molecule has 76 valence electrons. The fourth-order valence-electron chi connectivity index (χ4n) is 1.59. The largest absolute Gasteiger partial charge is 0.465 e. The van der Waals surface area contributed by atoms with E-state index in [0.717, 1.165) is 19.4 Å². The van der Waals surface area contributed by atoms with Crippen LogP contribution in [0.25, 0.3) is 0 Å². The van der Waals surface area contributed by atoms with Gasteiger partial charge < -0.3 is 15.8 Å². The molecule has 1 fully saturated rings. The first-order valence-corrected chi connectivity index (χ1v) is 4.91. The summed E-state index contributed by atoms with van der Waals surface area (Å²) < 4.78 is 4.85. The summed E-state index contributed by atoms with van der Waals surface area (Å²) in [7, 11) is 0. The monoisotopic (exact) mass is 186 g/mol. The topological polar surface area (TPSA) is 64.3 Å². The van der Waals surface area contributed by atoms with E-state index in [0.29, 0.717) is 6.61 Å². The Morgan fingerprint density at radius 2 is 2.46 bits per heavy atom. The van der Waals surface area contributed by atoms with E-state index in [-0.39, 0.29) is 12.0 Å². The number of carbonyl (C=O) groups excluding carboxylic acids is 1. The van der Waals surface area contributed by atoms with Crippen molar-refractivity contribution in [3.63, 3.8) is 0 Å². The van der Waals surface area contributed by atoms with Gasteiger partial charge in [0.25, 0.3) is 0 Å². The number of nitrogens with one attached hydrogen (secondary N) is 1. The molecule has 0 radical (unpaired) electrons. The van der Waals surface area contributed by atoms with E-state index in [2.05, 4.69) is 5.32 Å². The summed E-state index contributed by atoms with van der Waals surface area (Å²) in [6, 6.07) is -0.395. The molecule has 0 spiro atoms. The summed E-state index contributed by atoms with van der Waals surface area (Å²) in [4.78, 5) is 11.3. The van der Waals surface area contributed by atoms with Crippen LogP contribution in [0, 0.1) is 0 Å². The minimum Gasteiger partial charge on any atom is -0.465 e. The van der Waals surface area contributed by atoms with Crippen LogP contribution in [0.4, 0.5) is 0 Å². The molecule has 1 aliphatic rings. The van der Waals surface area contributed by atoms with Gasteiger partial charge in [0.15, 0.2) is 0 Å². The zero-order chi connectivity index (χ0) is 9.68. The first-order valence-electron chi connectivity index (χ1n) is 4.91. The van der Waals surface area contributed by atoms with Gasteiger partial charge in [-0.3, -0.25) is 4.79 Å². The average molecular weight is 186 g/mol. The van der Waals surface area contributed by atoms with Crippen LogP contribution in [0.1, 0.15) is 26.2 Å². The Morgan fingerprint density at radius 3 is 3.00 bits per heavy atom. The first kappa shape index (κ1) is 10.5. The first-order chi connectivity index (χ1) is 6.25. The maximum Gasteiger partial charge on any atom is 0.324 e. The Bertz CT molecular complexity index is 167. The molecule has 0 aliphatic carbocycles. The van der Waals surface area contributed by atoms with Gasteiger partial charge in [0.05, 0.1) is 6.61 Å². The normalized spacial score (nSPS) is 25.2. The summed E-state index contributed by atoms with van der Waals surface area (Å²) in [5, 5.41) is 3.23. The molecular weight excluding hydrogens is 168 g/mol. The van der Waals surface area contributed by atoms with Crippen LogP contribution in [0.2, 0.25) is 0 Å². The summed E-state index contributed by atoms with van der Waals surface area (Å²) in [6.07, 6.45) is 3.29. The van der Waals surface area contributed by atoms with E-state index in [1.54, 1.807) is 6.92 Å². The van der Waals surface area contributed by atoms with E-state index in [4.69, 9.17) is 10.5 Å². The van der Waals surface area contributed by atoms with Crippen molar-refractivity contribution in [3.8, 4) is 0 Å².